The Morgan fingerprint density at radius 1 is 0.524 bits per heavy atom. The SMILES string of the molecule is CNC(=O)[C@H](CCCCNC(=O)CCOCCCNC(=O)CCOCCCNC(=O)CC[C@H](NC(=O)CCCC(=O)O)C(=O)O)NC(=O)CCNC(=O)CCCN1C(=O)C=CC1=O. The molecule has 0 saturated heterocycles. The van der Waals surface area contributed by atoms with Gasteiger partial charge in [0.25, 0.3) is 11.8 Å². The quantitative estimate of drug-likeness (QED) is 0.0244. The maximum Gasteiger partial charge on any atom is 0.326 e. The van der Waals surface area contributed by atoms with Crippen LogP contribution >= 0.6 is 0 Å². The average molecular weight is 897 g/mol. The second-order valence-corrected chi connectivity index (χ2v) is 14.3. The molecule has 23 nitrogen and oxygen atoms in total. The van der Waals surface area contributed by atoms with Crippen molar-refractivity contribution in [3.05, 3.63) is 12.2 Å². The number of nitrogens with zero attached hydrogens (tertiary/aromatic N) is 1. The highest BCUT2D eigenvalue weighted by Gasteiger charge is 2.24. The van der Waals surface area contributed by atoms with E-state index >= 15 is 0 Å². The number of carbonyl (C=O) groups is 11. The van der Waals surface area contributed by atoms with Gasteiger partial charge >= 0.3 is 11.9 Å². The van der Waals surface area contributed by atoms with Crippen LogP contribution in [0.25, 0.3) is 0 Å². The van der Waals surface area contributed by atoms with Gasteiger partial charge in [-0.05, 0) is 51.4 Å². The minimum Gasteiger partial charge on any atom is -0.481 e. The molecule has 0 spiro atoms. The Labute approximate surface area is 365 Å². The summed E-state index contributed by atoms with van der Waals surface area (Å²) in [5.41, 5.74) is 0. The van der Waals surface area contributed by atoms with Crippen LogP contribution in [0.4, 0.5) is 0 Å². The molecule has 1 aliphatic heterocycles. The molecule has 0 aromatic carbocycles. The van der Waals surface area contributed by atoms with E-state index in [1.807, 2.05) is 0 Å². The molecule has 0 bridgehead atoms. The van der Waals surface area contributed by atoms with E-state index < -0.39 is 53.6 Å². The summed E-state index contributed by atoms with van der Waals surface area (Å²) < 4.78 is 10.9. The van der Waals surface area contributed by atoms with Crippen LogP contribution in [0.1, 0.15) is 96.3 Å². The zero-order chi connectivity index (χ0) is 46.8. The smallest absolute Gasteiger partial charge is 0.326 e. The molecule has 0 radical (unpaired) electrons. The summed E-state index contributed by atoms with van der Waals surface area (Å²) in [4.78, 5) is 131. The van der Waals surface area contributed by atoms with Crippen LogP contribution in [-0.4, -0.2) is 158 Å². The lowest BCUT2D eigenvalue weighted by Gasteiger charge is -2.17. The monoisotopic (exact) mass is 896 g/mol. The predicted octanol–water partition coefficient (Wildman–Crippen LogP) is -1.85. The summed E-state index contributed by atoms with van der Waals surface area (Å²) >= 11 is 0. The van der Waals surface area contributed by atoms with Crippen LogP contribution in [0.3, 0.4) is 0 Å². The van der Waals surface area contributed by atoms with Gasteiger partial charge in [0.2, 0.25) is 41.4 Å². The number of ether oxygens (including phenoxy) is 2. The van der Waals surface area contributed by atoms with Crippen molar-refractivity contribution >= 4 is 65.1 Å². The van der Waals surface area contributed by atoms with E-state index in [4.69, 9.17) is 14.6 Å². The molecule has 354 valence electrons. The Hall–Kier alpha value is -5.97. The van der Waals surface area contributed by atoms with Crippen LogP contribution in [0.2, 0.25) is 0 Å². The minimum atomic E-state index is -1.30. The van der Waals surface area contributed by atoms with Crippen LogP contribution in [0, 0.1) is 0 Å². The molecule has 1 rings (SSSR count). The van der Waals surface area contributed by atoms with E-state index in [0.29, 0.717) is 51.8 Å². The summed E-state index contributed by atoms with van der Waals surface area (Å²) in [6.45, 7) is 2.14. The molecule has 1 heterocycles. The Balaban J connectivity index is 2.03. The first-order valence-electron chi connectivity index (χ1n) is 21.1. The van der Waals surface area contributed by atoms with Crippen molar-refractivity contribution in [3.8, 4) is 0 Å². The number of unbranched alkanes of at least 4 members (excludes halogenated alkanes) is 1. The average Bonchev–Trinajstić information content (AvgIpc) is 3.55. The summed E-state index contributed by atoms with van der Waals surface area (Å²) in [6.07, 6.45) is 4.78. The highest BCUT2D eigenvalue weighted by Crippen LogP contribution is 2.06. The molecular formula is C40H64N8O15. The molecule has 1 aliphatic rings. The number of hydrogen-bond acceptors (Lipinski definition) is 13. The Morgan fingerprint density at radius 3 is 1.57 bits per heavy atom. The lowest BCUT2D eigenvalue weighted by molar-refractivity contribution is -0.142. The molecule has 0 unspecified atom stereocenters. The zero-order valence-electron chi connectivity index (χ0n) is 35.9. The Morgan fingerprint density at radius 2 is 1.02 bits per heavy atom. The second-order valence-electron chi connectivity index (χ2n) is 14.3. The van der Waals surface area contributed by atoms with E-state index in [2.05, 4.69) is 37.2 Å². The fourth-order valence-electron chi connectivity index (χ4n) is 5.67. The molecule has 0 aromatic rings. The normalized spacial score (nSPS) is 12.8. The van der Waals surface area contributed by atoms with Gasteiger partial charge in [-0.1, -0.05) is 0 Å². The van der Waals surface area contributed by atoms with Crippen molar-refractivity contribution in [2.24, 2.45) is 0 Å². The standard InChI is InChI=1S/C40H64N8O15/c1-41-39(59)28(46-35(54)16-22-45-30(49)10-5-23-48-36(55)14-15-37(48)56)8-2-3-19-42-32(51)17-26-63-25-7-21-44-33(52)18-27-62-24-6-20-43-31(50)13-12-29(40(60)61)47-34(53)9-4-11-38(57)58/h14-15,28-29H,2-13,16-27H2,1H3,(H,41,59)(H,42,51)(H,43,50)(H,44,52)(H,45,49)(H,46,54)(H,47,53)(H,57,58)(H,60,61)/t28-,29-/m0/s1. The van der Waals surface area contributed by atoms with E-state index in [1.54, 1.807) is 0 Å². The van der Waals surface area contributed by atoms with Crippen molar-refractivity contribution in [1.82, 2.24) is 42.1 Å². The summed E-state index contributed by atoms with van der Waals surface area (Å²) in [5.74, 6) is -5.76. The molecule has 0 aliphatic carbocycles. The number of carbonyl (C=O) groups excluding carboxylic acids is 9. The fraction of sp³-hybridized carbons (Fsp3) is 0.675. The lowest BCUT2D eigenvalue weighted by Crippen LogP contribution is -2.46. The van der Waals surface area contributed by atoms with Crippen molar-refractivity contribution in [3.63, 3.8) is 0 Å². The van der Waals surface area contributed by atoms with Crippen molar-refractivity contribution in [2.45, 2.75) is 108 Å². The van der Waals surface area contributed by atoms with Gasteiger partial charge in [0.1, 0.15) is 12.1 Å². The van der Waals surface area contributed by atoms with Crippen LogP contribution < -0.4 is 37.2 Å². The number of likely N-dealkylation sites (N-methyl/N-ethyl adjacent to an activating group) is 1. The highest BCUT2D eigenvalue weighted by molar-refractivity contribution is 6.12. The molecule has 2 atom stereocenters. The number of hydrogen-bond donors (Lipinski definition) is 9. The minimum absolute atomic E-state index is 0.0476. The predicted molar refractivity (Wildman–Crippen MR) is 222 cm³/mol. The molecular weight excluding hydrogens is 832 g/mol. The third-order valence-electron chi connectivity index (χ3n) is 9.11. The summed E-state index contributed by atoms with van der Waals surface area (Å²) in [7, 11) is 1.45. The van der Waals surface area contributed by atoms with Crippen LogP contribution in [0.15, 0.2) is 12.2 Å². The fourth-order valence-corrected chi connectivity index (χ4v) is 5.67. The summed E-state index contributed by atoms with van der Waals surface area (Å²) in [5, 5.41) is 36.1. The maximum atomic E-state index is 12.4. The van der Waals surface area contributed by atoms with Gasteiger partial charge in [-0.2, -0.15) is 0 Å². The third-order valence-corrected chi connectivity index (χ3v) is 9.11. The molecule has 9 amide bonds. The van der Waals surface area contributed by atoms with Gasteiger partial charge in [-0.25, -0.2) is 4.79 Å². The molecule has 63 heavy (non-hydrogen) atoms. The van der Waals surface area contributed by atoms with Crippen molar-refractivity contribution < 1.29 is 72.4 Å². The first kappa shape index (κ1) is 55.0. The van der Waals surface area contributed by atoms with Crippen molar-refractivity contribution in [2.75, 3.05) is 66.2 Å². The Bertz CT molecular complexity index is 1560. The third kappa shape index (κ3) is 28.3. The summed E-state index contributed by atoms with van der Waals surface area (Å²) in [6, 6.07) is -2.06. The first-order chi connectivity index (χ1) is 30.1. The van der Waals surface area contributed by atoms with E-state index in [9.17, 15) is 57.8 Å². The number of carboxylic acids is 2. The molecule has 0 fully saturated rings. The van der Waals surface area contributed by atoms with Gasteiger partial charge in [-0.15, -0.1) is 0 Å². The number of carboxylic acid groups (broad SMARTS) is 2. The lowest BCUT2D eigenvalue weighted by atomic mass is 10.1. The molecule has 0 saturated carbocycles. The second kappa shape index (κ2) is 33.6. The van der Waals surface area contributed by atoms with Gasteiger partial charge in [-0.3, -0.25) is 52.8 Å². The molecule has 0 aromatic heterocycles. The number of amides is 9. The van der Waals surface area contributed by atoms with Crippen LogP contribution in [0.5, 0.6) is 0 Å². The molecule has 23 heteroatoms. The Kier molecular flexibility index (Phi) is 29.4. The first-order valence-corrected chi connectivity index (χ1v) is 21.1. The van der Waals surface area contributed by atoms with Crippen molar-refractivity contribution in [1.29, 1.82) is 0 Å². The van der Waals surface area contributed by atoms with Gasteiger partial charge < -0.3 is 56.9 Å². The largest absolute Gasteiger partial charge is 0.481 e. The van der Waals surface area contributed by atoms with Gasteiger partial charge in [0.15, 0.2) is 0 Å². The topological polar surface area (TPSA) is 334 Å². The number of aliphatic carboxylic acids is 2. The zero-order valence-corrected chi connectivity index (χ0v) is 35.9. The number of imide groups is 1. The highest BCUT2D eigenvalue weighted by atomic mass is 16.5. The van der Waals surface area contributed by atoms with Gasteiger partial charge in [0.05, 0.1) is 13.2 Å². The maximum absolute atomic E-state index is 12.4. The van der Waals surface area contributed by atoms with E-state index in [1.165, 1.54) is 19.2 Å². The number of rotatable bonds is 37. The number of nitrogens with one attached hydrogen (secondary N) is 7. The van der Waals surface area contributed by atoms with Gasteiger partial charge in [0, 0.05) is 110 Å². The van der Waals surface area contributed by atoms with E-state index in [0.717, 1.165) is 4.90 Å². The van der Waals surface area contributed by atoms with E-state index in [-0.39, 0.29) is 127 Å². The molecule has 9 N–H and O–H groups in total. The van der Waals surface area contributed by atoms with Crippen LogP contribution in [-0.2, 0) is 62.2 Å².